The first kappa shape index (κ1) is 17.2. The van der Waals surface area contributed by atoms with Crippen LogP contribution in [0, 0.1) is 11.3 Å². The van der Waals surface area contributed by atoms with Crippen molar-refractivity contribution in [2.75, 3.05) is 0 Å². The second kappa shape index (κ2) is 4.72. The molecule has 1 saturated carbocycles. The highest BCUT2D eigenvalue weighted by Crippen LogP contribution is 2.52. The number of carbonyl (C=O) groups excluding carboxylic acids is 1. The molecule has 0 aromatic rings. The van der Waals surface area contributed by atoms with Crippen molar-refractivity contribution in [1.82, 2.24) is 10.6 Å². The van der Waals surface area contributed by atoms with Gasteiger partial charge in [-0.3, -0.25) is 4.79 Å². The summed E-state index contributed by atoms with van der Waals surface area (Å²) in [5, 5.41) is 6.96. The number of hydrogen-bond acceptors (Lipinski definition) is 3. The van der Waals surface area contributed by atoms with Crippen LogP contribution in [0.4, 0.5) is 0 Å². The van der Waals surface area contributed by atoms with Gasteiger partial charge in [0.1, 0.15) is 5.72 Å². The van der Waals surface area contributed by atoms with Gasteiger partial charge in [0.05, 0.1) is 0 Å². The molecule has 4 heteroatoms. The first-order chi connectivity index (χ1) is 10.3. The Bertz CT molecular complexity index is 507. The molecule has 0 radical (unpaired) electrons. The van der Waals surface area contributed by atoms with E-state index in [1.165, 1.54) is 6.42 Å². The van der Waals surface area contributed by atoms with Crippen LogP contribution in [0.15, 0.2) is 0 Å². The predicted octanol–water partition coefficient (Wildman–Crippen LogP) is 3.35. The zero-order valence-corrected chi connectivity index (χ0v) is 15.9. The molecular formula is C19H34N2O2. The highest BCUT2D eigenvalue weighted by atomic mass is 16.6. The maximum absolute atomic E-state index is 13.1. The molecule has 2 aliphatic heterocycles. The first-order valence-corrected chi connectivity index (χ1v) is 9.08. The lowest BCUT2D eigenvalue weighted by molar-refractivity contribution is -0.181. The number of carbonyl (C=O) groups is 1. The van der Waals surface area contributed by atoms with Crippen molar-refractivity contribution >= 4 is 5.91 Å². The highest BCUT2D eigenvalue weighted by Gasteiger charge is 2.62. The molecule has 2 heterocycles. The number of rotatable bonds is 0. The molecule has 132 valence electrons. The van der Waals surface area contributed by atoms with Crippen LogP contribution in [0.1, 0.15) is 80.6 Å². The second-order valence-electron chi connectivity index (χ2n) is 10.6. The fraction of sp³-hybridized carbons (Fsp3) is 0.947. The summed E-state index contributed by atoms with van der Waals surface area (Å²) in [7, 11) is 0. The average Bonchev–Trinajstić information content (AvgIpc) is 2.40. The van der Waals surface area contributed by atoms with Gasteiger partial charge in [0, 0.05) is 30.3 Å². The maximum Gasteiger partial charge on any atom is 0.254 e. The lowest BCUT2D eigenvalue weighted by atomic mass is 9.69. The highest BCUT2D eigenvalue weighted by molar-refractivity contribution is 5.88. The third-order valence-electron chi connectivity index (χ3n) is 5.62. The minimum Gasteiger partial charge on any atom is -0.339 e. The van der Waals surface area contributed by atoms with E-state index in [0.717, 1.165) is 25.7 Å². The van der Waals surface area contributed by atoms with Crippen LogP contribution in [0.25, 0.3) is 0 Å². The molecule has 3 rings (SSSR count). The number of ether oxygens (including phenoxy) is 1. The summed E-state index contributed by atoms with van der Waals surface area (Å²) in [6, 6.07) is 0. The molecule has 2 saturated heterocycles. The summed E-state index contributed by atoms with van der Waals surface area (Å²) < 4.78 is 6.71. The van der Waals surface area contributed by atoms with Gasteiger partial charge in [0.15, 0.2) is 5.60 Å². The van der Waals surface area contributed by atoms with Crippen molar-refractivity contribution in [2.24, 2.45) is 11.3 Å². The fourth-order valence-corrected chi connectivity index (χ4v) is 6.16. The van der Waals surface area contributed by atoms with Crippen LogP contribution >= 0.6 is 0 Å². The summed E-state index contributed by atoms with van der Waals surface area (Å²) >= 11 is 0. The van der Waals surface area contributed by atoms with Crippen molar-refractivity contribution < 1.29 is 9.53 Å². The fourth-order valence-electron chi connectivity index (χ4n) is 6.16. The van der Waals surface area contributed by atoms with E-state index in [-0.39, 0.29) is 22.4 Å². The van der Waals surface area contributed by atoms with Crippen LogP contribution in [-0.4, -0.2) is 28.3 Å². The lowest BCUT2D eigenvalue weighted by Gasteiger charge is -2.51. The third-order valence-corrected chi connectivity index (χ3v) is 5.62. The van der Waals surface area contributed by atoms with E-state index in [0.29, 0.717) is 5.92 Å². The Hall–Kier alpha value is -0.610. The summed E-state index contributed by atoms with van der Waals surface area (Å²) in [5.74, 6) is 0.669. The molecule has 2 spiro atoms. The third kappa shape index (κ3) is 3.17. The van der Waals surface area contributed by atoms with Crippen molar-refractivity contribution in [2.45, 2.75) is 103 Å². The summed E-state index contributed by atoms with van der Waals surface area (Å²) in [6.45, 7) is 15.5. The van der Waals surface area contributed by atoms with E-state index in [4.69, 9.17) is 4.74 Å². The number of nitrogens with one attached hydrogen (secondary N) is 2. The Kier molecular flexibility index (Phi) is 3.54. The SMILES string of the molecule is CC1CC(C)(C)CC2(C1)NC(=O)C1(CC(C)(C)NC(C)(C)C1)O2. The molecule has 0 bridgehead atoms. The van der Waals surface area contributed by atoms with E-state index in [2.05, 4.69) is 59.1 Å². The second-order valence-corrected chi connectivity index (χ2v) is 10.6. The Morgan fingerprint density at radius 2 is 1.52 bits per heavy atom. The standard InChI is InChI=1S/C19H34N2O2/c1-13-8-15(2,3)10-19(9-13)20-14(22)18(23-19)11-16(4,5)21-17(6,7)12-18/h13,21H,8-12H2,1-7H3,(H,20,22). The molecule has 0 aromatic heterocycles. The quantitative estimate of drug-likeness (QED) is 0.719. The van der Waals surface area contributed by atoms with Gasteiger partial charge in [-0.15, -0.1) is 0 Å². The summed E-state index contributed by atoms with van der Waals surface area (Å²) in [4.78, 5) is 13.1. The van der Waals surface area contributed by atoms with Crippen LogP contribution in [0.3, 0.4) is 0 Å². The summed E-state index contributed by atoms with van der Waals surface area (Å²) in [6.07, 6.45) is 4.49. The topological polar surface area (TPSA) is 50.4 Å². The largest absolute Gasteiger partial charge is 0.339 e. The zero-order chi connectivity index (χ0) is 17.3. The van der Waals surface area contributed by atoms with Gasteiger partial charge in [0.2, 0.25) is 0 Å². The molecule has 1 aliphatic carbocycles. The molecule has 3 fully saturated rings. The smallest absolute Gasteiger partial charge is 0.254 e. The monoisotopic (exact) mass is 322 g/mol. The van der Waals surface area contributed by atoms with E-state index in [1.807, 2.05) is 0 Å². The van der Waals surface area contributed by atoms with Crippen LogP contribution in [0.2, 0.25) is 0 Å². The molecule has 2 atom stereocenters. The van der Waals surface area contributed by atoms with Crippen LogP contribution in [-0.2, 0) is 9.53 Å². The molecule has 3 aliphatic rings. The van der Waals surface area contributed by atoms with Crippen LogP contribution in [0.5, 0.6) is 0 Å². The number of amides is 1. The van der Waals surface area contributed by atoms with Gasteiger partial charge < -0.3 is 15.4 Å². The van der Waals surface area contributed by atoms with E-state index >= 15 is 0 Å². The van der Waals surface area contributed by atoms with Crippen molar-refractivity contribution in [1.29, 1.82) is 0 Å². The van der Waals surface area contributed by atoms with Gasteiger partial charge in [0.25, 0.3) is 5.91 Å². The Labute approximate surface area is 141 Å². The number of piperidine rings is 1. The van der Waals surface area contributed by atoms with E-state index in [9.17, 15) is 4.79 Å². The minimum absolute atomic E-state index is 0.102. The molecule has 0 aromatic carbocycles. The molecule has 2 unspecified atom stereocenters. The molecule has 2 N–H and O–H groups in total. The molecule has 1 amide bonds. The Balaban J connectivity index is 1.93. The minimum atomic E-state index is -0.689. The van der Waals surface area contributed by atoms with Gasteiger partial charge in [-0.05, 0) is 51.9 Å². The molecular weight excluding hydrogens is 288 g/mol. The molecule has 4 nitrogen and oxygen atoms in total. The Morgan fingerprint density at radius 1 is 0.957 bits per heavy atom. The average molecular weight is 322 g/mol. The predicted molar refractivity (Wildman–Crippen MR) is 92.0 cm³/mol. The van der Waals surface area contributed by atoms with Crippen molar-refractivity contribution in [3.63, 3.8) is 0 Å². The number of hydrogen-bond donors (Lipinski definition) is 2. The van der Waals surface area contributed by atoms with Crippen LogP contribution < -0.4 is 10.6 Å². The maximum atomic E-state index is 13.1. The van der Waals surface area contributed by atoms with Crippen molar-refractivity contribution in [3.05, 3.63) is 0 Å². The Morgan fingerprint density at radius 3 is 2.04 bits per heavy atom. The van der Waals surface area contributed by atoms with Gasteiger partial charge in [-0.1, -0.05) is 20.8 Å². The summed E-state index contributed by atoms with van der Waals surface area (Å²) in [5.41, 5.74) is -1.18. The lowest BCUT2D eigenvalue weighted by Crippen LogP contribution is -2.65. The van der Waals surface area contributed by atoms with Gasteiger partial charge in [-0.25, -0.2) is 0 Å². The van der Waals surface area contributed by atoms with Gasteiger partial charge >= 0.3 is 0 Å². The normalized spacial score (nSPS) is 40.3. The van der Waals surface area contributed by atoms with E-state index in [1.54, 1.807) is 0 Å². The first-order valence-electron chi connectivity index (χ1n) is 9.08. The van der Waals surface area contributed by atoms with Gasteiger partial charge in [-0.2, -0.15) is 0 Å². The van der Waals surface area contributed by atoms with Crippen molar-refractivity contribution in [3.8, 4) is 0 Å². The van der Waals surface area contributed by atoms with E-state index < -0.39 is 11.3 Å². The zero-order valence-electron chi connectivity index (χ0n) is 15.9. The molecule has 23 heavy (non-hydrogen) atoms.